The summed E-state index contributed by atoms with van der Waals surface area (Å²) in [7, 11) is -5.80. The molecule has 1 fully saturated rings. The van der Waals surface area contributed by atoms with Crippen LogP contribution in [0.1, 0.15) is 32.6 Å². The average Bonchev–Trinajstić information content (AvgIpc) is 2.66. The molecule has 1 aliphatic heterocycles. The summed E-state index contributed by atoms with van der Waals surface area (Å²) >= 11 is 0. The average molecular weight is 325 g/mol. The number of hydrogen-bond acceptors (Lipinski definition) is 5. The van der Waals surface area contributed by atoms with Crippen molar-refractivity contribution in [2.24, 2.45) is 11.8 Å². The Morgan fingerprint density at radius 3 is 2.55 bits per heavy atom. The highest BCUT2D eigenvalue weighted by Crippen LogP contribution is 2.28. The van der Waals surface area contributed by atoms with Gasteiger partial charge in [0.15, 0.2) is 9.84 Å². The van der Waals surface area contributed by atoms with Gasteiger partial charge in [0.2, 0.25) is 0 Å². The molecule has 7 heteroatoms. The molecular weight excluding hydrogens is 298 g/mol. The van der Waals surface area contributed by atoms with Gasteiger partial charge in [-0.3, -0.25) is 0 Å². The Kier molecular flexibility index (Phi) is 6.94. The zero-order chi connectivity index (χ0) is 15.2. The maximum absolute atomic E-state index is 11.6. The van der Waals surface area contributed by atoms with Crippen LogP contribution in [0.5, 0.6) is 0 Å². The molecule has 0 aromatic rings. The summed E-state index contributed by atoms with van der Waals surface area (Å²) in [4.78, 5) is 0. The Bertz CT molecular complexity index is 485. The second-order valence-electron chi connectivity index (χ2n) is 5.90. The van der Waals surface area contributed by atoms with E-state index in [1.165, 1.54) is 6.26 Å². The summed E-state index contributed by atoms with van der Waals surface area (Å²) in [5, 5.41) is 3.34. The molecule has 0 aliphatic carbocycles. The second-order valence-corrected chi connectivity index (χ2v) is 10.4. The molecule has 0 amide bonds. The molecule has 1 heterocycles. The first-order valence-electron chi connectivity index (χ1n) is 7.32. The third-order valence-electron chi connectivity index (χ3n) is 3.86. The molecule has 1 saturated heterocycles. The van der Waals surface area contributed by atoms with Crippen molar-refractivity contribution < 1.29 is 16.8 Å². The fourth-order valence-corrected chi connectivity index (χ4v) is 5.38. The summed E-state index contributed by atoms with van der Waals surface area (Å²) < 4.78 is 45.6. The standard InChI is InChI=1S/C13H27NO4S2/c1-3-7-14-10-12(5-4-8-19(2,15)16)13-6-9-20(17,18)11-13/h12-14H,3-11H2,1-2H3. The van der Waals surface area contributed by atoms with E-state index in [1.54, 1.807) is 0 Å². The molecule has 1 N–H and O–H groups in total. The lowest BCUT2D eigenvalue weighted by molar-refractivity contribution is 0.323. The van der Waals surface area contributed by atoms with E-state index in [0.717, 1.165) is 32.4 Å². The van der Waals surface area contributed by atoms with E-state index in [0.29, 0.717) is 6.42 Å². The van der Waals surface area contributed by atoms with Crippen molar-refractivity contribution in [2.75, 3.05) is 36.6 Å². The zero-order valence-corrected chi connectivity index (χ0v) is 14.1. The van der Waals surface area contributed by atoms with Crippen LogP contribution >= 0.6 is 0 Å². The number of nitrogens with one attached hydrogen (secondary N) is 1. The van der Waals surface area contributed by atoms with Crippen molar-refractivity contribution in [1.29, 1.82) is 0 Å². The van der Waals surface area contributed by atoms with Crippen LogP contribution in [-0.4, -0.2) is 53.4 Å². The predicted molar refractivity (Wildman–Crippen MR) is 82.4 cm³/mol. The van der Waals surface area contributed by atoms with Gasteiger partial charge in [-0.25, -0.2) is 16.8 Å². The maximum atomic E-state index is 11.6. The minimum absolute atomic E-state index is 0.184. The highest BCUT2D eigenvalue weighted by atomic mass is 32.2. The van der Waals surface area contributed by atoms with Crippen molar-refractivity contribution in [3.05, 3.63) is 0 Å². The number of rotatable bonds is 9. The molecule has 0 spiro atoms. The van der Waals surface area contributed by atoms with E-state index in [-0.39, 0.29) is 29.1 Å². The van der Waals surface area contributed by atoms with E-state index < -0.39 is 19.7 Å². The first-order chi connectivity index (χ1) is 9.23. The molecule has 120 valence electrons. The van der Waals surface area contributed by atoms with Gasteiger partial charge in [0, 0.05) is 12.0 Å². The van der Waals surface area contributed by atoms with E-state index in [9.17, 15) is 16.8 Å². The molecule has 1 rings (SSSR count). The van der Waals surface area contributed by atoms with Crippen molar-refractivity contribution in [3.8, 4) is 0 Å². The van der Waals surface area contributed by atoms with Crippen LogP contribution in [0.15, 0.2) is 0 Å². The minimum Gasteiger partial charge on any atom is -0.316 e. The molecular formula is C13H27NO4S2. The fourth-order valence-electron chi connectivity index (χ4n) is 2.77. The van der Waals surface area contributed by atoms with Crippen LogP contribution in [-0.2, 0) is 19.7 Å². The van der Waals surface area contributed by atoms with Gasteiger partial charge in [-0.2, -0.15) is 0 Å². The highest BCUT2D eigenvalue weighted by molar-refractivity contribution is 7.91. The van der Waals surface area contributed by atoms with Crippen molar-refractivity contribution in [2.45, 2.75) is 32.6 Å². The Morgan fingerprint density at radius 2 is 2.05 bits per heavy atom. The van der Waals surface area contributed by atoms with Crippen LogP contribution in [0.2, 0.25) is 0 Å². The summed E-state index contributed by atoms with van der Waals surface area (Å²) in [6, 6.07) is 0. The monoisotopic (exact) mass is 325 g/mol. The molecule has 2 atom stereocenters. The predicted octanol–water partition coefficient (Wildman–Crippen LogP) is 0.862. The lowest BCUT2D eigenvalue weighted by Gasteiger charge is -2.23. The van der Waals surface area contributed by atoms with Crippen molar-refractivity contribution in [1.82, 2.24) is 5.32 Å². The molecule has 20 heavy (non-hydrogen) atoms. The van der Waals surface area contributed by atoms with Gasteiger partial charge >= 0.3 is 0 Å². The largest absolute Gasteiger partial charge is 0.316 e. The fraction of sp³-hybridized carbons (Fsp3) is 1.00. The SMILES string of the molecule is CCCNCC(CCCS(C)(=O)=O)C1CCS(=O)(=O)C1. The van der Waals surface area contributed by atoms with E-state index in [4.69, 9.17) is 0 Å². The topological polar surface area (TPSA) is 80.3 Å². The van der Waals surface area contributed by atoms with Gasteiger partial charge in [0.05, 0.1) is 11.5 Å². The Labute approximate surface area is 123 Å². The third-order valence-corrected chi connectivity index (χ3v) is 6.68. The third kappa shape index (κ3) is 7.04. The van der Waals surface area contributed by atoms with Gasteiger partial charge in [0.1, 0.15) is 9.84 Å². The summed E-state index contributed by atoms with van der Waals surface area (Å²) in [5.74, 6) is 1.19. The summed E-state index contributed by atoms with van der Waals surface area (Å²) in [5.41, 5.74) is 0. The minimum atomic E-state index is -2.93. The van der Waals surface area contributed by atoms with Crippen LogP contribution in [0.3, 0.4) is 0 Å². The lowest BCUT2D eigenvalue weighted by Crippen LogP contribution is -2.30. The Morgan fingerprint density at radius 1 is 1.35 bits per heavy atom. The van der Waals surface area contributed by atoms with Gasteiger partial charge in [-0.05, 0) is 50.6 Å². The quantitative estimate of drug-likeness (QED) is 0.636. The summed E-state index contributed by atoms with van der Waals surface area (Å²) in [6.07, 6.45) is 4.41. The Hall–Kier alpha value is -0.140. The Balaban J connectivity index is 2.51. The van der Waals surface area contributed by atoms with Gasteiger partial charge in [-0.1, -0.05) is 6.92 Å². The molecule has 0 saturated carbocycles. The first kappa shape index (κ1) is 17.9. The van der Waals surface area contributed by atoms with E-state index in [1.807, 2.05) is 0 Å². The zero-order valence-electron chi connectivity index (χ0n) is 12.5. The van der Waals surface area contributed by atoms with Gasteiger partial charge in [-0.15, -0.1) is 0 Å². The molecule has 2 unspecified atom stereocenters. The molecule has 5 nitrogen and oxygen atoms in total. The first-order valence-corrected chi connectivity index (χ1v) is 11.2. The van der Waals surface area contributed by atoms with Gasteiger partial charge in [0.25, 0.3) is 0 Å². The second kappa shape index (κ2) is 7.75. The smallest absolute Gasteiger partial charge is 0.150 e. The molecule has 0 aromatic carbocycles. The highest BCUT2D eigenvalue weighted by Gasteiger charge is 2.33. The molecule has 1 aliphatic rings. The normalized spacial score (nSPS) is 23.8. The summed E-state index contributed by atoms with van der Waals surface area (Å²) in [6.45, 7) is 3.80. The maximum Gasteiger partial charge on any atom is 0.150 e. The van der Waals surface area contributed by atoms with E-state index >= 15 is 0 Å². The van der Waals surface area contributed by atoms with Crippen molar-refractivity contribution >= 4 is 19.7 Å². The van der Waals surface area contributed by atoms with Gasteiger partial charge < -0.3 is 5.32 Å². The van der Waals surface area contributed by atoms with Crippen molar-refractivity contribution in [3.63, 3.8) is 0 Å². The number of sulfone groups is 2. The van der Waals surface area contributed by atoms with Crippen LogP contribution in [0, 0.1) is 11.8 Å². The lowest BCUT2D eigenvalue weighted by atomic mass is 9.88. The number of hydrogen-bond donors (Lipinski definition) is 1. The molecule has 0 aromatic heterocycles. The molecule has 0 radical (unpaired) electrons. The molecule has 0 bridgehead atoms. The van der Waals surface area contributed by atoms with Crippen LogP contribution < -0.4 is 5.32 Å². The van der Waals surface area contributed by atoms with Crippen LogP contribution in [0.4, 0.5) is 0 Å². The van der Waals surface area contributed by atoms with Crippen LogP contribution in [0.25, 0.3) is 0 Å². The van der Waals surface area contributed by atoms with E-state index in [2.05, 4.69) is 12.2 Å².